The van der Waals surface area contributed by atoms with E-state index in [9.17, 15) is 13.2 Å². The molecule has 7 rings (SSSR count). The molecule has 11 heteroatoms. The molecule has 2 aromatic carbocycles. The Bertz CT molecular complexity index is 1870. The van der Waals surface area contributed by atoms with Crippen LogP contribution in [0.4, 0.5) is 11.4 Å². The van der Waals surface area contributed by atoms with E-state index in [0.717, 1.165) is 66.6 Å². The van der Waals surface area contributed by atoms with Crippen LogP contribution >= 0.6 is 0 Å². The van der Waals surface area contributed by atoms with E-state index in [1.165, 1.54) is 38.5 Å². The summed E-state index contributed by atoms with van der Waals surface area (Å²) in [5.41, 5.74) is 4.04. The molecule has 1 aliphatic carbocycles. The number of hydrogen-bond donors (Lipinski definition) is 1. The molecule has 0 atom stereocenters. The monoisotopic (exact) mass is 627 g/mol. The van der Waals surface area contributed by atoms with Crippen molar-refractivity contribution in [2.24, 2.45) is 0 Å². The first-order chi connectivity index (χ1) is 21.8. The molecule has 1 N–H and O–H groups in total. The Hall–Kier alpha value is -4.22. The number of piperidine rings is 1. The zero-order valence-corrected chi connectivity index (χ0v) is 26.4. The molecule has 4 aromatic rings. The quantitative estimate of drug-likeness (QED) is 0.234. The van der Waals surface area contributed by atoms with Gasteiger partial charge in [0.15, 0.2) is 0 Å². The smallest absolute Gasteiger partial charge is 0.262 e. The molecule has 234 valence electrons. The molecule has 45 heavy (non-hydrogen) atoms. The summed E-state index contributed by atoms with van der Waals surface area (Å²) in [5, 5.41) is 0.929. The topological polar surface area (TPSA) is 114 Å². The number of amides is 1. The number of likely N-dealkylation sites (N-methyl/N-ethyl adjacent to an activating group) is 1. The molecule has 10 nitrogen and oxygen atoms in total. The van der Waals surface area contributed by atoms with Gasteiger partial charge in [0, 0.05) is 36.3 Å². The van der Waals surface area contributed by atoms with Gasteiger partial charge in [0.2, 0.25) is 11.8 Å². The summed E-state index contributed by atoms with van der Waals surface area (Å²) >= 11 is 0. The highest BCUT2D eigenvalue weighted by Crippen LogP contribution is 2.58. The predicted molar refractivity (Wildman–Crippen MR) is 174 cm³/mol. The van der Waals surface area contributed by atoms with Crippen LogP contribution in [0.3, 0.4) is 0 Å². The number of carbonyl (C=O) groups excluding carboxylic acids is 1. The van der Waals surface area contributed by atoms with Crippen molar-refractivity contribution in [1.29, 1.82) is 0 Å². The fraction of sp³-hybridized carbons (Fsp3) is 0.382. The van der Waals surface area contributed by atoms with Crippen molar-refractivity contribution in [1.82, 2.24) is 14.9 Å². The van der Waals surface area contributed by atoms with Crippen molar-refractivity contribution < 1.29 is 22.7 Å². The van der Waals surface area contributed by atoms with Crippen LogP contribution in [0.5, 0.6) is 11.6 Å². The lowest BCUT2D eigenvalue weighted by molar-refractivity contribution is -0.119. The maximum Gasteiger partial charge on any atom is 0.262 e. The molecular formula is C34H37N5O5S. The highest BCUT2D eigenvalue weighted by molar-refractivity contribution is 7.92. The van der Waals surface area contributed by atoms with Gasteiger partial charge in [0.05, 0.1) is 41.4 Å². The number of likely N-dealkylation sites (tertiary alicyclic amines) is 1. The summed E-state index contributed by atoms with van der Waals surface area (Å²) in [6.07, 6.45) is 9.69. The standard InChI is InChI=1S/C34H37N5O5S/c1-38-30-22-35-28-12-7-23(19-27(28)31(30)34(13-14-34)33(38)40)24-20-29(37-45(41,42)26-10-8-25(43-2)9-11-26)32(36-21-24)44-18-6-17-39-15-4-3-5-16-39/h7-12,19-22,37H,3-6,13-18H2,1-2H3. The second-order valence-corrected chi connectivity index (χ2v) is 13.8. The molecule has 2 aromatic heterocycles. The van der Waals surface area contributed by atoms with Crippen molar-refractivity contribution in [3.8, 4) is 22.8 Å². The van der Waals surface area contributed by atoms with Gasteiger partial charge in [0.25, 0.3) is 10.0 Å². The third kappa shape index (κ3) is 5.48. The van der Waals surface area contributed by atoms with Gasteiger partial charge < -0.3 is 19.3 Å². The van der Waals surface area contributed by atoms with Gasteiger partial charge in [-0.3, -0.25) is 14.5 Å². The first-order valence-electron chi connectivity index (χ1n) is 15.5. The summed E-state index contributed by atoms with van der Waals surface area (Å²) in [7, 11) is -0.616. The maximum absolute atomic E-state index is 13.5. The van der Waals surface area contributed by atoms with E-state index in [0.29, 0.717) is 17.9 Å². The molecule has 2 aliphatic heterocycles. The minimum absolute atomic E-state index is 0.0978. The van der Waals surface area contributed by atoms with E-state index in [4.69, 9.17) is 9.47 Å². The van der Waals surface area contributed by atoms with Crippen LogP contribution < -0.4 is 19.1 Å². The molecule has 1 amide bonds. The van der Waals surface area contributed by atoms with Gasteiger partial charge in [-0.2, -0.15) is 0 Å². The summed E-state index contributed by atoms with van der Waals surface area (Å²) < 4.78 is 41.0. The van der Waals surface area contributed by atoms with E-state index in [1.54, 1.807) is 35.5 Å². The lowest BCUT2D eigenvalue weighted by Crippen LogP contribution is -2.31. The number of hydrogen-bond acceptors (Lipinski definition) is 8. The van der Waals surface area contributed by atoms with Crippen LogP contribution in [0, 0.1) is 0 Å². The Morgan fingerprint density at radius 1 is 0.956 bits per heavy atom. The first-order valence-corrected chi connectivity index (χ1v) is 17.0. The molecule has 4 heterocycles. The van der Waals surface area contributed by atoms with Crippen LogP contribution in [-0.4, -0.2) is 69.6 Å². The average Bonchev–Trinajstić information content (AvgIpc) is 3.84. The number of ether oxygens (including phenoxy) is 2. The van der Waals surface area contributed by atoms with Gasteiger partial charge in [-0.15, -0.1) is 0 Å². The number of methoxy groups -OCH3 is 1. The highest BCUT2D eigenvalue weighted by atomic mass is 32.2. The summed E-state index contributed by atoms with van der Waals surface area (Å²) in [6, 6.07) is 13.9. The minimum Gasteiger partial charge on any atom is -0.497 e. The van der Waals surface area contributed by atoms with Crippen molar-refractivity contribution in [3.05, 3.63) is 66.5 Å². The minimum atomic E-state index is -3.96. The number of pyridine rings is 2. The van der Waals surface area contributed by atoms with Gasteiger partial charge in [0.1, 0.15) is 11.4 Å². The lowest BCUT2D eigenvalue weighted by Gasteiger charge is -2.26. The zero-order chi connectivity index (χ0) is 31.2. The Labute approximate surface area is 263 Å². The fourth-order valence-corrected chi connectivity index (χ4v) is 7.69. The molecule has 1 saturated heterocycles. The van der Waals surface area contributed by atoms with Crippen molar-refractivity contribution in [3.63, 3.8) is 0 Å². The number of rotatable bonds is 10. The highest BCUT2D eigenvalue weighted by Gasteiger charge is 2.59. The van der Waals surface area contributed by atoms with Crippen molar-refractivity contribution >= 4 is 38.2 Å². The summed E-state index contributed by atoms with van der Waals surface area (Å²) in [4.78, 5) is 26.6. The fourth-order valence-electron chi connectivity index (χ4n) is 6.64. The number of nitrogens with zero attached hydrogens (tertiary/aromatic N) is 4. The molecule has 1 spiro atoms. The molecule has 0 bridgehead atoms. The Morgan fingerprint density at radius 3 is 2.47 bits per heavy atom. The Morgan fingerprint density at radius 2 is 1.73 bits per heavy atom. The van der Waals surface area contributed by atoms with Gasteiger partial charge in [-0.1, -0.05) is 12.5 Å². The number of benzene rings is 2. The van der Waals surface area contributed by atoms with Gasteiger partial charge in [-0.25, -0.2) is 13.4 Å². The van der Waals surface area contributed by atoms with E-state index in [-0.39, 0.29) is 22.4 Å². The van der Waals surface area contributed by atoms with Crippen LogP contribution in [0.2, 0.25) is 0 Å². The van der Waals surface area contributed by atoms with E-state index < -0.39 is 15.4 Å². The summed E-state index contributed by atoms with van der Waals surface area (Å²) in [6.45, 7) is 3.56. The number of fused-ring (bicyclic) bond motifs is 4. The molecule has 3 aliphatic rings. The third-order valence-electron chi connectivity index (χ3n) is 9.26. The Balaban J connectivity index is 1.21. The predicted octanol–water partition coefficient (Wildman–Crippen LogP) is 5.37. The molecule has 1 saturated carbocycles. The van der Waals surface area contributed by atoms with E-state index in [2.05, 4.69) is 19.6 Å². The largest absolute Gasteiger partial charge is 0.497 e. The summed E-state index contributed by atoms with van der Waals surface area (Å²) in [5.74, 6) is 0.909. The third-order valence-corrected chi connectivity index (χ3v) is 10.6. The lowest BCUT2D eigenvalue weighted by atomic mass is 9.92. The second-order valence-electron chi connectivity index (χ2n) is 12.2. The second kappa shape index (κ2) is 11.6. The number of aromatic nitrogens is 2. The number of nitrogens with one attached hydrogen (secondary N) is 1. The van der Waals surface area contributed by atoms with Gasteiger partial charge >= 0.3 is 0 Å². The van der Waals surface area contributed by atoms with Crippen LogP contribution in [0.25, 0.3) is 22.0 Å². The van der Waals surface area contributed by atoms with Gasteiger partial charge in [-0.05, 0) is 93.2 Å². The van der Waals surface area contributed by atoms with Crippen LogP contribution in [0.15, 0.2) is 65.8 Å². The molecule has 2 fully saturated rings. The molecular weight excluding hydrogens is 590 g/mol. The van der Waals surface area contributed by atoms with Crippen LogP contribution in [-0.2, 0) is 20.2 Å². The normalized spacial score (nSPS) is 17.5. The molecule has 0 radical (unpaired) electrons. The maximum atomic E-state index is 13.5. The number of carbonyl (C=O) groups is 1. The number of sulfonamides is 1. The zero-order valence-electron chi connectivity index (χ0n) is 25.6. The average molecular weight is 628 g/mol. The first kappa shape index (κ1) is 29.5. The van der Waals surface area contributed by atoms with Crippen molar-refractivity contribution in [2.45, 2.75) is 48.8 Å². The molecule has 0 unspecified atom stereocenters. The Kier molecular flexibility index (Phi) is 7.61. The SMILES string of the molecule is COc1ccc(S(=O)(=O)Nc2cc(-c3ccc4ncc5c(c4c3)C3(CC3)C(=O)N5C)cnc2OCCCN2CCCCC2)cc1. The van der Waals surface area contributed by atoms with E-state index >= 15 is 0 Å². The van der Waals surface area contributed by atoms with E-state index in [1.807, 2.05) is 25.2 Å². The van der Waals surface area contributed by atoms with Crippen LogP contribution in [0.1, 0.15) is 44.1 Å². The number of anilines is 2. The van der Waals surface area contributed by atoms with Crippen molar-refractivity contribution in [2.75, 3.05) is 50.0 Å².